The molecule has 2 heterocycles. The summed E-state index contributed by atoms with van der Waals surface area (Å²) in [4.78, 5) is 0. The molecule has 1 aromatic heterocycles. The Kier molecular flexibility index (Phi) is 9.64. The second kappa shape index (κ2) is 14.5. The van der Waals surface area contributed by atoms with Gasteiger partial charge < -0.3 is 21.0 Å². The van der Waals surface area contributed by atoms with Crippen molar-refractivity contribution in [2.45, 2.75) is 13.8 Å². The maximum Gasteiger partial charge on any atom is 0.0619 e. The van der Waals surface area contributed by atoms with Crippen LogP contribution in [0.1, 0.15) is 19.4 Å². The van der Waals surface area contributed by atoms with Gasteiger partial charge in [-0.15, -0.1) is 0 Å². The lowest BCUT2D eigenvalue weighted by Gasteiger charge is -2.12. The number of allylic oxidation sites excluding steroid dienone is 8. The summed E-state index contributed by atoms with van der Waals surface area (Å²) in [6.45, 7) is 8.69. The van der Waals surface area contributed by atoms with E-state index >= 15 is 0 Å². The monoisotopic (exact) mass is 624 g/mol. The van der Waals surface area contributed by atoms with Gasteiger partial charge in [0.1, 0.15) is 0 Å². The molecule has 0 saturated carbocycles. The fourth-order valence-corrected chi connectivity index (χ4v) is 6.05. The molecule has 4 nitrogen and oxygen atoms in total. The minimum absolute atomic E-state index is 0.425. The smallest absolute Gasteiger partial charge is 0.0619 e. The summed E-state index contributed by atoms with van der Waals surface area (Å²) < 4.78 is 2.39. The van der Waals surface area contributed by atoms with E-state index in [-0.39, 0.29) is 0 Å². The Hall–Kier alpha value is -6.13. The quantitative estimate of drug-likeness (QED) is 0.122. The standard InChI is InChI=1S/C38H31N3.C6H9N/c1-3-4-15-36(40)26(2)22-31(25-39)28-16-19-33-30(23-28)18-21-35-34-20-17-29(27-11-7-5-8-12-27)24-37(34)41(38(33)35)32-13-9-6-10-14-32;1-6-2-4-7-5-3-6/h3-25,40H,1,39H2,2H3;2-4,7H,5H2,1H3/b15-4-,26-22+,31-25+,40-36?;. The average Bonchev–Trinajstić information content (AvgIpc) is 3.48. The number of aromatic nitrogens is 1. The number of nitrogens with zero attached hydrogens (tertiary/aromatic N) is 1. The summed E-state index contributed by atoms with van der Waals surface area (Å²) in [5.74, 6) is 0. The first-order valence-electron chi connectivity index (χ1n) is 16.2. The highest BCUT2D eigenvalue weighted by atomic mass is 15.0. The van der Waals surface area contributed by atoms with Crippen molar-refractivity contribution in [3.8, 4) is 16.8 Å². The van der Waals surface area contributed by atoms with Gasteiger partial charge in [0.25, 0.3) is 0 Å². The average molecular weight is 625 g/mol. The number of fused-ring (bicyclic) bond motifs is 5. The predicted molar refractivity (Wildman–Crippen MR) is 208 cm³/mol. The van der Waals surface area contributed by atoms with E-state index in [9.17, 15) is 0 Å². The molecular formula is C44H40N4. The van der Waals surface area contributed by atoms with Crippen LogP contribution in [-0.2, 0) is 0 Å². The first-order chi connectivity index (χ1) is 23.5. The normalized spacial score (nSPS) is 13.3. The minimum atomic E-state index is 0.425. The maximum atomic E-state index is 8.31. The van der Waals surface area contributed by atoms with Crippen LogP contribution in [-0.4, -0.2) is 16.8 Å². The van der Waals surface area contributed by atoms with Crippen molar-refractivity contribution in [2.75, 3.05) is 6.54 Å². The molecule has 236 valence electrons. The Morgan fingerprint density at radius 2 is 1.58 bits per heavy atom. The summed E-state index contributed by atoms with van der Waals surface area (Å²) >= 11 is 0. The van der Waals surface area contributed by atoms with Crippen molar-refractivity contribution in [1.29, 1.82) is 5.41 Å². The molecule has 0 saturated heterocycles. The van der Waals surface area contributed by atoms with E-state index < -0.39 is 0 Å². The summed E-state index contributed by atoms with van der Waals surface area (Å²) in [6, 6.07) is 38.8. The van der Waals surface area contributed by atoms with Gasteiger partial charge in [0.2, 0.25) is 0 Å². The SMILES string of the molecule is C=C/C=C\C(=N)/C(C)=C/C(=C\N)c1ccc2c(ccc3c4ccc(-c5ccccc5)cc4n(-c4ccccc4)c23)c1.CC1=CCNC=C1. The van der Waals surface area contributed by atoms with E-state index in [4.69, 9.17) is 11.1 Å². The summed E-state index contributed by atoms with van der Waals surface area (Å²) in [5, 5.41) is 16.1. The van der Waals surface area contributed by atoms with Crippen LogP contribution in [0.2, 0.25) is 0 Å². The van der Waals surface area contributed by atoms with Crippen molar-refractivity contribution in [3.05, 3.63) is 181 Å². The zero-order chi connectivity index (χ0) is 33.5. The molecule has 0 spiro atoms. The lowest BCUT2D eigenvalue weighted by atomic mass is 9.97. The van der Waals surface area contributed by atoms with Crippen LogP contribution in [0.4, 0.5) is 0 Å². The molecule has 0 amide bonds. The highest BCUT2D eigenvalue weighted by Gasteiger charge is 2.16. The van der Waals surface area contributed by atoms with Crippen molar-refractivity contribution in [3.63, 3.8) is 0 Å². The van der Waals surface area contributed by atoms with E-state index in [0.29, 0.717) is 5.71 Å². The molecule has 0 bridgehead atoms. The molecule has 0 fully saturated rings. The second-order valence-electron chi connectivity index (χ2n) is 11.8. The van der Waals surface area contributed by atoms with Gasteiger partial charge in [0, 0.05) is 34.6 Å². The van der Waals surface area contributed by atoms with Crippen LogP contribution >= 0.6 is 0 Å². The largest absolute Gasteiger partial charge is 0.404 e. The first kappa shape index (κ1) is 31.8. The van der Waals surface area contributed by atoms with Crippen LogP contribution in [0.25, 0.3) is 55.0 Å². The molecular weight excluding hydrogens is 585 g/mol. The number of para-hydroxylation sites is 1. The van der Waals surface area contributed by atoms with Crippen LogP contribution < -0.4 is 11.1 Å². The van der Waals surface area contributed by atoms with Gasteiger partial charge in [-0.05, 0) is 95.8 Å². The predicted octanol–water partition coefficient (Wildman–Crippen LogP) is 10.7. The number of rotatable bonds is 7. The van der Waals surface area contributed by atoms with Crippen LogP contribution in [0.5, 0.6) is 0 Å². The molecule has 4 heteroatoms. The Morgan fingerprint density at radius 3 is 2.25 bits per heavy atom. The van der Waals surface area contributed by atoms with E-state index in [1.165, 1.54) is 43.9 Å². The molecule has 1 aliphatic rings. The van der Waals surface area contributed by atoms with Crippen molar-refractivity contribution >= 4 is 43.9 Å². The highest BCUT2D eigenvalue weighted by Crippen LogP contribution is 2.39. The Labute approximate surface area is 282 Å². The number of nitrogens with one attached hydrogen (secondary N) is 2. The summed E-state index contributed by atoms with van der Waals surface area (Å²) in [7, 11) is 0. The van der Waals surface area contributed by atoms with Gasteiger partial charge in [0.05, 0.1) is 16.7 Å². The number of dihydropyridines is 1. The molecule has 0 atom stereocenters. The number of hydrogen-bond donors (Lipinski definition) is 3. The van der Waals surface area contributed by atoms with Gasteiger partial charge in [-0.3, -0.25) is 0 Å². The molecule has 7 rings (SSSR count). The zero-order valence-electron chi connectivity index (χ0n) is 27.4. The van der Waals surface area contributed by atoms with Gasteiger partial charge in [0.15, 0.2) is 0 Å². The number of nitrogens with two attached hydrogens (primary N) is 1. The van der Waals surface area contributed by atoms with Gasteiger partial charge in [-0.1, -0.05) is 115 Å². The van der Waals surface area contributed by atoms with Gasteiger partial charge in [-0.2, -0.15) is 0 Å². The third-order valence-electron chi connectivity index (χ3n) is 8.58. The molecule has 48 heavy (non-hydrogen) atoms. The fraction of sp³-hybridized carbons (Fsp3) is 0.0682. The van der Waals surface area contributed by atoms with Crippen LogP contribution in [0.15, 0.2) is 176 Å². The lowest BCUT2D eigenvalue weighted by Crippen LogP contribution is -2.07. The molecule has 0 aliphatic carbocycles. The molecule has 5 aromatic carbocycles. The summed E-state index contributed by atoms with van der Waals surface area (Å²) in [6.07, 6.45) is 14.9. The number of hydrogen-bond acceptors (Lipinski definition) is 3. The van der Waals surface area contributed by atoms with Crippen molar-refractivity contribution in [1.82, 2.24) is 9.88 Å². The second-order valence-corrected chi connectivity index (χ2v) is 11.8. The zero-order valence-corrected chi connectivity index (χ0v) is 27.4. The topological polar surface area (TPSA) is 66.8 Å². The highest BCUT2D eigenvalue weighted by molar-refractivity contribution is 6.19. The summed E-state index contributed by atoms with van der Waals surface area (Å²) in [5.41, 5.74) is 16.4. The molecule has 0 radical (unpaired) electrons. The maximum absolute atomic E-state index is 8.31. The Balaban J connectivity index is 0.000000510. The molecule has 1 aliphatic heterocycles. The molecule has 6 aromatic rings. The Morgan fingerprint density at radius 1 is 0.854 bits per heavy atom. The fourth-order valence-electron chi connectivity index (χ4n) is 6.05. The van der Waals surface area contributed by atoms with Crippen molar-refractivity contribution in [2.24, 2.45) is 5.73 Å². The third kappa shape index (κ3) is 6.69. The lowest BCUT2D eigenvalue weighted by molar-refractivity contribution is 0.958. The number of benzene rings is 5. The van der Waals surface area contributed by atoms with E-state index in [1.54, 1.807) is 24.4 Å². The van der Waals surface area contributed by atoms with E-state index in [2.05, 4.69) is 145 Å². The van der Waals surface area contributed by atoms with Gasteiger partial charge >= 0.3 is 0 Å². The van der Waals surface area contributed by atoms with Gasteiger partial charge in [-0.25, -0.2) is 0 Å². The van der Waals surface area contributed by atoms with Crippen LogP contribution in [0.3, 0.4) is 0 Å². The first-order valence-corrected chi connectivity index (χ1v) is 16.2. The minimum Gasteiger partial charge on any atom is -0.404 e. The Bertz CT molecular complexity index is 2280. The van der Waals surface area contributed by atoms with Crippen molar-refractivity contribution < 1.29 is 0 Å². The molecule has 4 N–H and O–H groups in total. The van der Waals surface area contributed by atoms with E-state index in [1.807, 2.05) is 19.2 Å². The molecule has 0 unspecified atom stereocenters. The van der Waals surface area contributed by atoms with Crippen LogP contribution in [0, 0.1) is 5.41 Å². The third-order valence-corrected chi connectivity index (χ3v) is 8.58. The van der Waals surface area contributed by atoms with E-state index in [0.717, 1.165) is 34.3 Å².